The second kappa shape index (κ2) is 5.77. The van der Waals surface area contributed by atoms with Crippen molar-refractivity contribution < 1.29 is 28.9 Å². The Morgan fingerprint density at radius 2 is 1.93 bits per heavy atom. The summed E-state index contributed by atoms with van der Waals surface area (Å²) in [4.78, 5) is 3.72. The molecule has 1 aliphatic rings. The summed E-state index contributed by atoms with van der Waals surface area (Å²) in [6, 6.07) is 10.5. The molecule has 0 radical (unpaired) electrons. The van der Waals surface area contributed by atoms with Crippen LogP contribution in [-0.2, 0) is 0 Å². The highest BCUT2D eigenvalue weighted by atomic mass is 127. The average molecular weight is 334 g/mol. The first-order chi connectivity index (χ1) is 6.83. The summed E-state index contributed by atoms with van der Waals surface area (Å²) < 4.78 is 0. The summed E-state index contributed by atoms with van der Waals surface area (Å²) in [5.41, 5.74) is 1.73. The quantitative estimate of drug-likeness (QED) is 0.635. The number of halogens is 1. The van der Waals surface area contributed by atoms with Gasteiger partial charge in [0.15, 0.2) is 0 Å². The van der Waals surface area contributed by atoms with Gasteiger partial charge < -0.3 is 24.0 Å². The van der Waals surface area contributed by atoms with E-state index in [1.54, 1.807) is 0 Å². The van der Waals surface area contributed by atoms with Crippen molar-refractivity contribution in [3.63, 3.8) is 0 Å². The average Bonchev–Trinajstić information content (AvgIpc) is 2.61. The summed E-state index contributed by atoms with van der Waals surface area (Å²) in [5, 5.41) is 0. The molecule has 2 atom stereocenters. The van der Waals surface area contributed by atoms with Gasteiger partial charge in [0.2, 0.25) is 5.50 Å². The maximum absolute atomic E-state index is 2.31. The lowest BCUT2D eigenvalue weighted by molar-refractivity contribution is -0.828. The Morgan fingerprint density at radius 1 is 1.27 bits per heavy atom. The van der Waals surface area contributed by atoms with E-state index in [9.17, 15) is 0 Å². The molecule has 0 aromatic heterocycles. The van der Waals surface area contributed by atoms with Crippen molar-refractivity contribution in [1.29, 1.82) is 0 Å². The molecule has 4 heteroatoms. The second-order valence-corrected chi connectivity index (χ2v) is 4.31. The van der Waals surface area contributed by atoms with Crippen molar-refractivity contribution in [3.05, 3.63) is 42.7 Å². The van der Waals surface area contributed by atoms with E-state index in [1.807, 2.05) is 17.8 Å². The summed E-state index contributed by atoms with van der Waals surface area (Å²) in [7, 11) is 2.18. The first-order valence-electron chi connectivity index (χ1n) is 4.71. The van der Waals surface area contributed by atoms with Crippen LogP contribution in [0.1, 0.15) is 0 Å². The molecule has 0 fully saturated rings. The lowest BCUT2D eigenvalue weighted by Crippen LogP contribution is -3.07. The zero-order chi connectivity index (χ0) is 9.97. The van der Waals surface area contributed by atoms with Gasteiger partial charge in [-0.2, -0.15) is 0 Å². The fraction of sp³-hybridized carbons (Fsp3) is 0.273. The molecule has 1 aromatic carbocycles. The van der Waals surface area contributed by atoms with Gasteiger partial charge >= 0.3 is 0 Å². The molecule has 15 heavy (non-hydrogen) atoms. The van der Waals surface area contributed by atoms with Crippen LogP contribution in [0.3, 0.4) is 0 Å². The van der Waals surface area contributed by atoms with Crippen LogP contribution in [0, 0.1) is 0 Å². The molecule has 1 aliphatic heterocycles. The van der Waals surface area contributed by atoms with Gasteiger partial charge in [-0.05, 0) is 18.4 Å². The molecule has 2 unspecified atom stereocenters. The van der Waals surface area contributed by atoms with Crippen LogP contribution in [-0.4, -0.2) is 18.8 Å². The molecule has 82 valence electrons. The SMILES string of the molecule is CSC1N(c2ccccc2)C=C[NH+]1C.[I-]. The molecule has 0 aliphatic carbocycles. The number of anilines is 1. The van der Waals surface area contributed by atoms with Crippen LogP contribution in [0.2, 0.25) is 0 Å². The number of rotatable bonds is 2. The van der Waals surface area contributed by atoms with Crippen molar-refractivity contribution in [2.75, 3.05) is 18.2 Å². The smallest absolute Gasteiger partial charge is 0.219 e. The van der Waals surface area contributed by atoms with Gasteiger partial charge in [-0.3, -0.25) is 9.80 Å². The van der Waals surface area contributed by atoms with E-state index in [-0.39, 0.29) is 24.0 Å². The molecular formula is C11H15IN2S. The van der Waals surface area contributed by atoms with E-state index >= 15 is 0 Å². The Kier molecular flexibility index (Phi) is 4.95. The van der Waals surface area contributed by atoms with Crippen LogP contribution in [0.25, 0.3) is 0 Å². The molecular weight excluding hydrogens is 319 g/mol. The van der Waals surface area contributed by atoms with Crippen molar-refractivity contribution >= 4 is 17.4 Å². The Balaban J connectivity index is 0.00000112. The highest BCUT2D eigenvalue weighted by Crippen LogP contribution is 2.20. The second-order valence-electron chi connectivity index (χ2n) is 3.39. The van der Waals surface area contributed by atoms with Gasteiger partial charge in [-0.1, -0.05) is 30.0 Å². The highest BCUT2D eigenvalue weighted by Gasteiger charge is 2.27. The lowest BCUT2D eigenvalue weighted by Gasteiger charge is -2.24. The fourth-order valence-electron chi connectivity index (χ4n) is 1.70. The van der Waals surface area contributed by atoms with Crippen molar-refractivity contribution in [2.24, 2.45) is 0 Å². The summed E-state index contributed by atoms with van der Waals surface area (Å²) >= 11 is 1.87. The Morgan fingerprint density at radius 3 is 2.53 bits per heavy atom. The number of thioether (sulfide) groups is 1. The van der Waals surface area contributed by atoms with Crippen molar-refractivity contribution in [1.82, 2.24) is 0 Å². The summed E-state index contributed by atoms with van der Waals surface area (Å²) in [6.07, 6.45) is 6.50. The number of hydrogen-bond donors (Lipinski definition) is 1. The molecule has 0 saturated heterocycles. The van der Waals surface area contributed by atoms with Crippen molar-refractivity contribution in [2.45, 2.75) is 5.50 Å². The van der Waals surface area contributed by atoms with Gasteiger partial charge in [-0.15, -0.1) is 0 Å². The van der Waals surface area contributed by atoms with Crippen LogP contribution >= 0.6 is 11.8 Å². The first kappa shape index (κ1) is 12.9. The molecule has 0 spiro atoms. The largest absolute Gasteiger partial charge is 1.00 e. The predicted octanol–water partition coefficient (Wildman–Crippen LogP) is -1.86. The van der Waals surface area contributed by atoms with Crippen LogP contribution in [0.5, 0.6) is 0 Å². The van der Waals surface area contributed by atoms with Gasteiger partial charge in [0.25, 0.3) is 0 Å². The minimum atomic E-state index is 0. The molecule has 1 heterocycles. The van der Waals surface area contributed by atoms with Gasteiger partial charge in [0.05, 0.1) is 13.2 Å². The Bertz CT molecular complexity index is 329. The standard InChI is InChI=1S/C11H14N2S.HI/c1-12-8-9-13(11(12)14-2)10-6-4-3-5-7-10;/h3-9,11H,1-2H3;1H. The maximum atomic E-state index is 2.31. The molecule has 1 aromatic rings. The number of nitrogens with one attached hydrogen (secondary N) is 1. The topological polar surface area (TPSA) is 7.68 Å². The van der Waals surface area contributed by atoms with Crippen LogP contribution < -0.4 is 33.8 Å². The molecule has 0 bridgehead atoms. The van der Waals surface area contributed by atoms with Gasteiger partial charge in [-0.25, -0.2) is 0 Å². The minimum absolute atomic E-state index is 0. The third-order valence-electron chi connectivity index (χ3n) is 2.42. The fourth-order valence-corrected chi connectivity index (χ4v) is 2.57. The first-order valence-corrected chi connectivity index (χ1v) is 5.99. The number of hydrogen-bond acceptors (Lipinski definition) is 2. The summed E-state index contributed by atoms with van der Waals surface area (Å²) in [5.74, 6) is 0. The number of quaternary nitrogens is 1. The van der Waals surface area contributed by atoms with Crippen LogP contribution in [0.15, 0.2) is 42.7 Å². The Labute approximate surface area is 112 Å². The third kappa shape index (κ3) is 2.68. The van der Waals surface area contributed by atoms with Gasteiger partial charge in [0, 0.05) is 5.69 Å². The van der Waals surface area contributed by atoms with Crippen molar-refractivity contribution in [3.8, 4) is 0 Å². The summed E-state index contributed by atoms with van der Waals surface area (Å²) in [6.45, 7) is 0. The number of benzene rings is 1. The maximum Gasteiger partial charge on any atom is 0.219 e. The predicted molar refractivity (Wildman–Crippen MR) is 62.3 cm³/mol. The van der Waals surface area contributed by atoms with Crippen LogP contribution in [0.4, 0.5) is 5.69 Å². The molecule has 0 saturated carbocycles. The molecule has 1 N–H and O–H groups in total. The molecule has 0 amide bonds. The van der Waals surface area contributed by atoms with E-state index in [4.69, 9.17) is 0 Å². The monoisotopic (exact) mass is 334 g/mol. The zero-order valence-electron chi connectivity index (χ0n) is 8.85. The molecule has 2 rings (SSSR count). The van der Waals surface area contributed by atoms with E-state index in [2.05, 4.69) is 54.9 Å². The van der Waals surface area contributed by atoms with E-state index in [0.717, 1.165) is 0 Å². The normalized spacial score (nSPS) is 24.0. The van der Waals surface area contributed by atoms with E-state index < -0.39 is 0 Å². The van der Waals surface area contributed by atoms with E-state index in [0.29, 0.717) is 5.50 Å². The molecule has 2 nitrogen and oxygen atoms in total. The zero-order valence-corrected chi connectivity index (χ0v) is 11.8. The third-order valence-corrected chi connectivity index (χ3v) is 3.46. The van der Waals surface area contributed by atoms with E-state index in [1.165, 1.54) is 10.6 Å². The number of para-hydroxylation sites is 1. The lowest BCUT2D eigenvalue weighted by atomic mass is 10.3. The highest BCUT2D eigenvalue weighted by molar-refractivity contribution is 7.99. The minimum Gasteiger partial charge on any atom is -1.00 e. The Hall–Kier alpha value is -0.200. The van der Waals surface area contributed by atoms with Gasteiger partial charge in [0.1, 0.15) is 6.20 Å². The number of nitrogens with zero attached hydrogens (tertiary/aromatic N) is 1.